The van der Waals surface area contributed by atoms with E-state index in [1.54, 1.807) is 29.5 Å². The van der Waals surface area contributed by atoms with E-state index in [0.29, 0.717) is 9.94 Å². The molecule has 1 aromatic carbocycles. The Bertz CT molecular complexity index is 919. The number of thiophene rings is 2. The summed E-state index contributed by atoms with van der Waals surface area (Å²) in [5.74, 6) is -1.94. The smallest absolute Gasteiger partial charge is 0.323 e. The number of hydrogen-bond acceptors (Lipinski definition) is 6. The molecule has 5 nitrogen and oxygen atoms in total. The molecule has 0 spiro atoms. The van der Waals surface area contributed by atoms with Crippen molar-refractivity contribution in [2.24, 2.45) is 0 Å². The van der Waals surface area contributed by atoms with Gasteiger partial charge in [0, 0.05) is 14.3 Å². The Balaban J connectivity index is 1.60. The molecule has 23 heavy (non-hydrogen) atoms. The number of imide groups is 1. The number of hydrogen-bond donors (Lipinski definition) is 0. The fraction of sp³-hybridized carbons (Fsp3) is 0.0625. The maximum atomic E-state index is 12.2. The molecule has 4 rings (SSSR count). The SMILES string of the molecule is Cc1cc2sc(C(=O)ON3C(=O)c4ccccc4C3=O)cc2s1. The van der Waals surface area contributed by atoms with Gasteiger partial charge >= 0.3 is 5.97 Å². The second-order valence-corrected chi connectivity index (χ2v) is 7.40. The van der Waals surface area contributed by atoms with Gasteiger partial charge in [-0.2, -0.15) is 0 Å². The van der Waals surface area contributed by atoms with Gasteiger partial charge in [-0.05, 0) is 31.2 Å². The molecule has 0 N–H and O–H groups in total. The van der Waals surface area contributed by atoms with Crippen molar-refractivity contribution in [1.29, 1.82) is 0 Å². The molecule has 3 aromatic rings. The van der Waals surface area contributed by atoms with Crippen LogP contribution in [0.3, 0.4) is 0 Å². The van der Waals surface area contributed by atoms with Gasteiger partial charge in [0.25, 0.3) is 11.8 Å². The van der Waals surface area contributed by atoms with E-state index in [1.165, 1.54) is 23.5 Å². The van der Waals surface area contributed by atoms with Crippen LogP contribution in [-0.2, 0) is 4.84 Å². The molecule has 3 heterocycles. The minimum atomic E-state index is -0.703. The summed E-state index contributed by atoms with van der Waals surface area (Å²) in [6, 6.07) is 10.1. The van der Waals surface area contributed by atoms with E-state index >= 15 is 0 Å². The van der Waals surface area contributed by atoms with Crippen molar-refractivity contribution in [1.82, 2.24) is 5.06 Å². The summed E-state index contributed by atoms with van der Waals surface area (Å²) in [4.78, 5) is 43.2. The van der Waals surface area contributed by atoms with E-state index in [1.807, 2.05) is 13.0 Å². The van der Waals surface area contributed by atoms with Gasteiger partial charge in [-0.25, -0.2) is 4.79 Å². The van der Waals surface area contributed by atoms with Gasteiger partial charge in [0.1, 0.15) is 4.88 Å². The first-order chi connectivity index (χ1) is 11.0. The maximum Gasteiger partial charge on any atom is 0.373 e. The molecular formula is C16H9NO4S2. The molecular weight excluding hydrogens is 334 g/mol. The molecule has 1 aliphatic heterocycles. The summed E-state index contributed by atoms with van der Waals surface area (Å²) in [7, 11) is 0. The van der Waals surface area contributed by atoms with Crippen LogP contribution in [0.25, 0.3) is 9.40 Å². The zero-order valence-electron chi connectivity index (χ0n) is 11.9. The van der Waals surface area contributed by atoms with Crippen LogP contribution in [0.5, 0.6) is 0 Å². The third kappa shape index (κ3) is 2.16. The van der Waals surface area contributed by atoms with Crippen molar-refractivity contribution in [2.75, 3.05) is 0 Å². The Kier molecular flexibility index (Phi) is 3.07. The molecule has 0 unspecified atom stereocenters. The molecule has 0 bridgehead atoms. The number of amides is 2. The predicted octanol–water partition coefficient (Wildman–Crippen LogP) is 3.64. The van der Waals surface area contributed by atoms with Crippen LogP contribution in [0.1, 0.15) is 35.3 Å². The van der Waals surface area contributed by atoms with Crippen molar-refractivity contribution in [3.8, 4) is 0 Å². The summed E-state index contributed by atoms with van der Waals surface area (Å²) in [5.41, 5.74) is 0.487. The average Bonchev–Trinajstić information content (AvgIpc) is 3.14. The van der Waals surface area contributed by atoms with Gasteiger partial charge in [0.15, 0.2) is 0 Å². The Hall–Kier alpha value is -2.51. The van der Waals surface area contributed by atoms with Crippen LogP contribution in [0.15, 0.2) is 36.4 Å². The Labute approximate surface area is 138 Å². The standard InChI is InChI=1S/C16H9NO4S2/c1-8-6-11-12(22-8)7-13(23-11)16(20)21-17-14(18)9-4-2-3-5-10(9)15(17)19/h2-7H,1H3. The summed E-state index contributed by atoms with van der Waals surface area (Å²) in [6.45, 7) is 1.99. The van der Waals surface area contributed by atoms with Crippen LogP contribution in [-0.4, -0.2) is 22.8 Å². The molecule has 0 radical (unpaired) electrons. The van der Waals surface area contributed by atoms with Gasteiger partial charge in [-0.15, -0.1) is 22.7 Å². The minimum absolute atomic E-state index is 0.244. The molecule has 2 aromatic heterocycles. The zero-order chi connectivity index (χ0) is 16.1. The van der Waals surface area contributed by atoms with Gasteiger partial charge in [0.2, 0.25) is 0 Å². The predicted molar refractivity (Wildman–Crippen MR) is 86.8 cm³/mol. The van der Waals surface area contributed by atoms with Gasteiger partial charge < -0.3 is 4.84 Å². The molecule has 1 aliphatic rings. The van der Waals surface area contributed by atoms with Crippen molar-refractivity contribution >= 4 is 49.9 Å². The molecule has 0 saturated heterocycles. The first kappa shape index (κ1) is 14.1. The minimum Gasteiger partial charge on any atom is -0.323 e. The van der Waals surface area contributed by atoms with E-state index < -0.39 is 17.8 Å². The van der Waals surface area contributed by atoms with Crippen LogP contribution in [0.2, 0.25) is 0 Å². The monoisotopic (exact) mass is 343 g/mol. The quantitative estimate of drug-likeness (QED) is 0.667. The molecule has 0 fully saturated rings. The highest BCUT2D eigenvalue weighted by Crippen LogP contribution is 2.33. The lowest BCUT2D eigenvalue weighted by Gasteiger charge is -2.11. The Morgan fingerprint density at radius 2 is 1.61 bits per heavy atom. The van der Waals surface area contributed by atoms with Crippen LogP contribution < -0.4 is 0 Å². The lowest BCUT2D eigenvalue weighted by atomic mass is 10.1. The van der Waals surface area contributed by atoms with Gasteiger partial charge in [0.05, 0.1) is 11.1 Å². The van der Waals surface area contributed by atoms with Gasteiger partial charge in [-0.3, -0.25) is 9.59 Å². The summed E-state index contributed by atoms with van der Waals surface area (Å²) < 4.78 is 1.98. The number of aryl methyl sites for hydroxylation is 1. The number of rotatable bonds is 2. The lowest BCUT2D eigenvalue weighted by Crippen LogP contribution is -2.32. The summed E-state index contributed by atoms with van der Waals surface area (Å²) >= 11 is 2.86. The van der Waals surface area contributed by atoms with E-state index in [4.69, 9.17) is 4.84 Å². The third-order valence-electron chi connectivity index (χ3n) is 3.46. The van der Waals surface area contributed by atoms with E-state index in [2.05, 4.69) is 0 Å². The summed E-state index contributed by atoms with van der Waals surface area (Å²) in [6.07, 6.45) is 0. The van der Waals surface area contributed by atoms with Crippen LogP contribution >= 0.6 is 22.7 Å². The molecule has 0 atom stereocenters. The largest absolute Gasteiger partial charge is 0.373 e. The number of benzene rings is 1. The van der Waals surface area contributed by atoms with Crippen LogP contribution in [0, 0.1) is 6.92 Å². The first-order valence-corrected chi connectivity index (χ1v) is 8.38. The number of carbonyl (C=O) groups excluding carboxylic acids is 3. The third-order valence-corrected chi connectivity index (χ3v) is 5.65. The molecule has 2 amide bonds. The number of hydroxylamine groups is 2. The normalized spacial score (nSPS) is 13.7. The summed E-state index contributed by atoms with van der Waals surface area (Å²) in [5, 5.41) is 0.534. The average molecular weight is 343 g/mol. The highest BCUT2D eigenvalue weighted by Gasteiger charge is 2.39. The fourth-order valence-electron chi connectivity index (χ4n) is 2.43. The number of fused-ring (bicyclic) bond motifs is 2. The number of nitrogens with zero attached hydrogens (tertiary/aromatic N) is 1. The highest BCUT2D eigenvalue weighted by molar-refractivity contribution is 7.28. The number of carbonyl (C=O) groups is 3. The fourth-order valence-corrected chi connectivity index (χ4v) is 4.62. The molecule has 114 valence electrons. The van der Waals surface area contributed by atoms with Gasteiger partial charge in [-0.1, -0.05) is 17.2 Å². The van der Waals surface area contributed by atoms with E-state index in [9.17, 15) is 14.4 Å². The van der Waals surface area contributed by atoms with Crippen LogP contribution in [0.4, 0.5) is 0 Å². The Morgan fingerprint density at radius 1 is 1.00 bits per heavy atom. The van der Waals surface area contributed by atoms with E-state index in [0.717, 1.165) is 14.3 Å². The van der Waals surface area contributed by atoms with Crippen molar-refractivity contribution in [3.05, 3.63) is 57.3 Å². The zero-order valence-corrected chi connectivity index (χ0v) is 13.5. The topological polar surface area (TPSA) is 63.7 Å². The molecule has 0 aliphatic carbocycles. The van der Waals surface area contributed by atoms with Crippen molar-refractivity contribution in [2.45, 2.75) is 6.92 Å². The van der Waals surface area contributed by atoms with E-state index in [-0.39, 0.29) is 11.1 Å². The lowest BCUT2D eigenvalue weighted by molar-refractivity contribution is -0.0581. The van der Waals surface area contributed by atoms with Crippen molar-refractivity contribution in [3.63, 3.8) is 0 Å². The molecule has 7 heteroatoms. The maximum absolute atomic E-state index is 12.2. The second kappa shape index (κ2) is 5.00. The molecule has 0 saturated carbocycles. The highest BCUT2D eigenvalue weighted by atomic mass is 32.1. The Morgan fingerprint density at radius 3 is 2.22 bits per heavy atom. The second-order valence-electron chi connectivity index (χ2n) is 5.03. The van der Waals surface area contributed by atoms with Crippen molar-refractivity contribution < 1.29 is 19.2 Å². The first-order valence-electron chi connectivity index (χ1n) is 6.74.